The van der Waals surface area contributed by atoms with Gasteiger partial charge in [-0.3, -0.25) is 0 Å². The van der Waals surface area contributed by atoms with Crippen LogP contribution in [0.4, 0.5) is 0 Å². The summed E-state index contributed by atoms with van der Waals surface area (Å²) in [7, 11) is 0. The summed E-state index contributed by atoms with van der Waals surface area (Å²) in [4.78, 5) is 0. The van der Waals surface area contributed by atoms with Gasteiger partial charge in [0.15, 0.2) is 0 Å². The highest BCUT2D eigenvalue weighted by Crippen LogP contribution is 2.15. The number of aliphatic hydroxyl groups excluding tert-OH is 1. The molecule has 0 radical (unpaired) electrons. The lowest BCUT2D eigenvalue weighted by Gasteiger charge is -2.14. The largest absolute Gasteiger partial charge is 0.393 e. The van der Waals surface area contributed by atoms with E-state index in [9.17, 15) is 5.11 Å². The Morgan fingerprint density at radius 3 is 2.62 bits per heavy atom. The quantitative estimate of drug-likeness (QED) is 0.792. The number of rotatable bonds is 3. The topological polar surface area (TPSA) is 20.2 Å². The van der Waals surface area contributed by atoms with E-state index in [2.05, 4.69) is 0 Å². The smallest absolute Gasteiger partial charge is 0.0540 e. The molecule has 0 spiro atoms. The predicted molar refractivity (Wildman–Crippen MR) is 56.0 cm³/mol. The minimum absolute atomic E-state index is 0.265. The molecule has 2 atom stereocenters. The van der Waals surface area contributed by atoms with Crippen LogP contribution >= 0.6 is 11.6 Å². The SMILES string of the molecule is CC(O)C(C)Cc1cccc(Cl)c1. The fraction of sp³-hybridized carbons (Fsp3) is 0.455. The van der Waals surface area contributed by atoms with E-state index in [0.29, 0.717) is 0 Å². The lowest BCUT2D eigenvalue weighted by molar-refractivity contribution is 0.135. The van der Waals surface area contributed by atoms with Crippen LogP contribution < -0.4 is 0 Å². The first-order valence-electron chi connectivity index (χ1n) is 4.52. The van der Waals surface area contributed by atoms with Crippen LogP contribution in [-0.4, -0.2) is 11.2 Å². The number of hydrogen-bond donors (Lipinski definition) is 1. The summed E-state index contributed by atoms with van der Waals surface area (Å²) >= 11 is 5.85. The number of hydrogen-bond acceptors (Lipinski definition) is 1. The Bertz CT molecular complexity index is 271. The van der Waals surface area contributed by atoms with E-state index in [1.54, 1.807) is 0 Å². The van der Waals surface area contributed by atoms with Crippen molar-refractivity contribution in [1.82, 2.24) is 0 Å². The third-order valence-corrected chi connectivity index (χ3v) is 2.51. The molecule has 2 unspecified atom stereocenters. The standard InChI is InChI=1S/C11H15ClO/c1-8(9(2)13)6-10-4-3-5-11(12)7-10/h3-5,7-9,13H,6H2,1-2H3. The molecule has 1 rings (SSSR count). The van der Waals surface area contributed by atoms with Gasteiger partial charge < -0.3 is 5.11 Å². The van der Waals surface area contributed by atoms with Crippen molar-refractivity contribution in [2.75, 3.05) is 0 Å². The van der Waals surface area contributed by atoms with Crippen molar-refractivity contribution in [1.29, 1.82) is 0 Å². The monoisotopic (exact) mass is 198 g/mol. The molecule has 1 N–H and O–H groups in total. The number of halogens is 1. The molecule has 72 valence electrons. The van der Waals surface area contributed by atoms with Crippen LogP contribution in [0, 0.1) is 5.92 Å². The highest BCUT2D eigenvalue weighted by molar-refractivity contribution is 6.30. The molecule has 0 bridgehead atoms. The van der Waals surface area contributed by atoms with Gasteiger partial charge in [0.25, 0.3) is 0 Å². The van der Waals surface area contributed by atoms with Gasteiger partial charge in [0.1, 0.15) is 0 Å². The Labute approximate surface area is 84.4 Å². The van der Waals surface area contributed by atoms with Crippen molar-refractivity contribution in [2.45, 2.75) is 26.4 Å². The summed E-state index contributed by atoms with van der Waals surface area (Å²) in [6, 6.07) is 7.77. The maximum Gasteiger partial charge on any atom is 0.0540 e. The molecule has 0 amide bonds. The molecule has 0 aliphatic carbocycles. The van der Waals surface area contributed by atoms with Gasteiger partial charge in [-0.2, -0.15) is 0 Å². The van der Waals surface area contributed by atoms with E-state index in [-0.39, 0.29) is 12.0 Å². The molecule has 1 aromatic carbocycles. The van der Waals surface area contributed by atoms with Crippen LogP contribution in [-0.2, 0) is 6.42 Å². The molecule has 13 heavy (non-hydrogen) atoms. The molecule has 2 heteroatoms. The third-order valence-electron chi connectivity index (χ3n) is 2.27. The fourth-order valence-electron chi connectivity index (χ4n) is 1.21. The Kier molecular flexibility index (Phi) is 3.76. The maximum absolute atomic E-state index is 9.32. The van der Waals surface area contributed by atoms with Crippen molar-refractivity contribution in [3.05, 3.63) is 34.9 Å². The summed E-state index contributed by atoms with van der Waals surface area (Å²) < 4.78 is 0. The van der Waals surface area contributed by atoms with Crippen LogP contribution in [0.2, 0.25) is 5.02 Å². The van der Waals surface area contributed by atoms with E-state index >= 15 is 0 Å². The van der Waals surface area contributed by atoms with E-state index in [0.717, 1.165) is 11.4 Å². The van der Waals surface area contributed by atoms with Gasteiger partial charge in [-0.1, -0.05) is 30.7 Å². The summed E-state index contributed by atoms with van der Waals surface area (Å²) in [5, 5.41) is 10.1. The maximum atomic E-state index is 9.32. The van der Waals surface area contributed by atoms with Gasteiger partial charge in [-0.15, -0.1) is 0 Å². The van der Waals surface area contributed by atoms with E-state index < -0.39 is 0 Å². The van der Waals surface area contributed by atoms with Gasteiger partial charge >= 0.3 is 0 Å². The molecule has 1 aromatic rings. The molecule has 0 aliphatic rings. The van der Waals surface area contributed by atoms with Crippen molar-refractivity contribution in [2.24, 2.45) is 5.92 Å². The van der Waals surface area contributed by atoms with Crippen molar-refractivity contribution < 1.29 is 5.11 Å². The van der Waals surface area contributed by atoms with Gasteiger partial charge in [0.05, 0.1) is 6.10 Å². The molecule has 0 fully saturated rings. The third kappa shape index (κ3) is 3.37. The summed E-state index contributed by atoms with van der Waals surface area (Å²) in [6.07, 6.45) is 0.608. The minimum atomic E-state index is -0.265. The Hall–Kier alpha value is -0.530. The van der Waals surface area contributed by atoms with E-state index in [1.807, 2.05) is 38.1 Å². The minimum Gasteiger partial charge on any atom is -0.393 e. The lowest BCUT2D eigenvalue weighted by atomic mass is 9.97. The molecule has 0 saturated heterocycles. The van der Waals surface area contributed by atoms with Crippen molar-refractivity contribution in [3.8, 4) is 0 Å². The van der Waals surface area contributed by atoms with Crippen LogP contribution in [0.3, 0.4) is 0 Å². The Morgan fingerprint density at radius 1 is 1.38 bits per heavy atom. The first-order valence-corrected chi connectivity index (χ1v) is 4.90. The molecular formula is C11H15ClO. The zero-order valence-corrected chi connectivity index (χ0v) is 8.75. The number of benzene rings is 1. The van der Waals surface area contributed by atoms with Crippen LogP contribution in [0.5, 0.6) is 0 Å². The molecular weight excluding hydrogens is 184 g/mol. The molecule has 1 nitrogen and oxygen atoms in total. The molecule has 0 aliphatic heterocycles. The average molecular weight is 199 g/mol. The zero-order chi connectivity index (χ0) is 9.84. The van der Waals surface area contributed by atoms with Crippen LogP contribution in [0.1, 0.15) is 19.4 Å². The second-order valence-electron chi connectivity index (χ2n) is 3.55. The first-order chi connectivity index (χ1) is 6.09. The summed E-state index contributed by atoms with van der Waals surface area (Å²) in [5.41, 5.74) is 1.18. The highest BCUT2D eigenvalue weighted by Gasteiger charge is 2.09. The normalized spacial score (nSPS) is 15.4. The van der Waals surface area contributed by atoms with Crippen LogP contribution in [0.15, 0.2) is 24.3 Å². The molecule has 0 heterocycles. The molecule has 0 aromatic heterocycles. The Morgan fingerprint density at radius 2 is 2.08 bits per heavy atom. The second-order valence-corrected chi connectivity index (χ2v) is 3.99. The molecule has 0 saturated carbocycles. The van der Waals surface area contributed by atoms with Gasteiger partial charge in [-0.25, -0.2) is 0 Å². The second kappa shape index (κ2) is 4.64. The average Bonchev–Trinajstić information content (AvgIpc) is 2.04. The van der Waals surface area contributed by atoms with Crippen LogP contribution in [0.25, 0.3) is 0 Å². The van der Waals surface area contributed by atoms with Gasteiger partial charge in [-0.05, 0) is 37.0 Å². The van der Waals surface area contributed by atoms with Crippen molar-refractivity contribution in [3.63, 3.8) is 0 Å². The zero-order valence-electron chi connectivity index (χ0n) is 8.00. The van der Waals surface area contributed by atoms with Crippen molar-refractivity contribution >= 4 is 11.6 Å². The predicted octanol–water partition coefficient (Wildman–Crippen LogP) is 2.90. The van der Waals surface area contributed by atoms with E-state index in [1.165, 1.54) is 5.56 Å². The fourth-order valence-corrected chi connectivity index (χ4v) is 1.42. The van der Waals surface area contributed by atoms with E-state index in [4.69, 9.17) is 11.6 Å². The van der Waals surface area contributed by atoms with Gasteiger partial charge in [0.2, 0.25) is 0 Å². The highest BCUT2D eigenvalue weighted by atomic mass is 35.5. The summed E-state index contributed by atoms with van der Waals surface area (Å²) in [6.45, 7) is 3.85. The number of aliphatic hydroxyl groups is 1. The first kappa shape index (κ1) is 10.6. The van der Waals surface area contributed by atoms with Gasteiger partial charge in [0, 0.05) is 5.02 Å². The lowest BCUT2D eigenvalue weighted by Crippen LogP contribution is -2.15. The Balaban J connectivity index is 2.64. The summed E-state index contributed by atoms with van der Waals surface area (Å²) in [5.74, 6) is 0.276.